The van der Waals surface area contributed by atoms with Crippen LogP contribution in [0.25, 0.3) is 0 Å². The van der Waals surface area contributed by atoms with Crippen LogP contribution in [-0.4, -0.2) is 28.5 Å². The summed E-state index contributed by atoms with van der Waals surface area (Å²) in [6.45, 7) is 1.81. The number of anilines is 1. The quantitative estimate of drug-likeness (QED) is 0.837. The zero-order valence-electron chi connectivity index (χ0n) is 13.8. The van der Waals surface area contributed by atoms with E-state index < -0.39 is 10.0 Å². The average molecular weight is 348 g/mol. The molecule has 0 bridgehead atoms. The lowest BCUT2D eigenvalue weighted by molar-refractivity contribution is -0.119. The molecule has 2 rings (SSSR count). The first-order chi connectivity index (χ1) is 11.4. The van der Waals surface area contributed by atoms with E-state index in [4.69, 9.17) is 4.74 Å². The minimum absolute atomic E-state index is 0.0828. The molecule has 7 heteroatoms. The summed E-state index contributed by atoms with van der Waals surface area (Å²) in [6, 6.07) is 11.6. The Morgan fingerprint density at radius 3 is 2.38 bits per heavy atom. The zero-order valence-corrected chi connectivity index (χ0v) is 14.6. The van der Waals surface area contributed by atoms with Gasteiger partial charge in [-0.1, -0.05) is 18.2 Å². The standard InChI is InChI=1S/C17H20N2O4S/c1-12-4-9-15(23-3)16(10-12)24(21,22)19-14-7-5-13(6-8-14)11-17(20)18-2/h4-10,19H,11H2,1-3H3,(H,18,20). The van der Waals surface area contributed by atoms with Crippen molar-refractivity contribution in [2.45, 2.75) is 18.2 Å². The number of carbonyl (C=O) groups is 1. The minimum atomic E-state index is -3.77. The fraction of sp³-hybridized carbons (Fsp3) is 0.235. The molecule has 1 amide bonds. The summed E-state index contributed by atoms with van der Waals surface area (Å²) in [5.41, 5.74) is 2.03. The molecule has 128 valence electrons. The van der Waals surface area contributed by atoms with Crippen molar-refractivity contribution in [3.63, 3.8) is 0 Å². The molecule has 2 aromatic rings. The van der Waals surface area contributed by atoms with Crippen molar-refractivity contribution >= 4 is 21.6 Å². The molecule has 0 unspecified atom stereocenters. The van der Waals surface area contributed by atoms with Crippen LogP contribution in [0, 0.1) is 6.92 Å². The summed E-state index contributed by atoms with van der Waals surface area (Å²) in [6.07, 6.45) is 0.245. The second-order valence-corrected chi connectivity index (χ2v) is 6.96. The van der Waals surface area contributed by atoms with Crippen molar-refractivity contribution in [2.75, 3.05) is 18.9 Å². The van der Waals surface area contributed by atoms with Gasteiger partial charge in [0.05, 0.1) is 13.5 Å². The van der Waals surface area contributed by atoms with Gasteiger partial charge in [0.2, 0.25) is 5.91 Å². The minimum Gasteiger partial charge on any atom is -0.495 e. The summed E-state index contributed by atoms with van der Waals surface area (Å²) in [5, 5.41) is 2.54. The van der Waals surface area contributed by atoms with Crippen molar-refractivity contribution < 1.29 is 17.9 Å². The van der Waals surface area contributed by atoms with Crippen LogP contribution >= 0.6 is 0 Å². The number of sulfonamides is 1. The maximum atomic E-state index is 12.6. The molecule has 0 aromatic heterocycles. The van der Waals surface area contributed by atoms with Crippen LogP contribution in [0.15, 0.2) is 47.4 Å². The Labute approximate surface area is 141 Å². The number of amides is 1. The number of ether oxygens (including phenoxy) is 1. The van der Waals surface area contributed by atoms with Crippen molar-refractivity contribution in [1.82, 2.24) is 5.32 Å². The van der Waals surface area contributed by atoms with Gasteiger partial charge in [-0.2, -0.15) is 0 Å². The van der Waals surface area contributed by atoms with E-state index in [1.807, 2.05) is 6.92 Å². The molecule has 0 aliphatic rings. The molecule has 0 heterocycles. The number of methoxy groups -OCH3 is 1. The third kappa shape index (κ3) is 4.26. The van der Waals surface area contributed by atoms with Gasteiger partial charge in [-0.05, 0) is 42.3 Å². The van der Waals surface area contributed by atoms with Crippen molar-refractivity contribution in [1.29, 1.82) is 0 Å². The van der Waals surface area contributed by atoms with Gasteiger partial charge in [0, 0.05) is 12.7 Å². The fourth-order valence-electron chi connectivity index (χ4n) is 2.17. The number of carbonyl (C=O) groups excluding carboxylic acids is 1. The first kappa shape index (κ1) is 17.8. The number of benzene rings is 2. The lowest BCUT2D eigenvalue weighted by Gasteiger charge is -2.12. The van der Waals surface area contributed by atoms with Crippen molar-refractivity contribution in [3.8, 4) is 5.75 Å². The number of likely N-dealkylation sites (N-methyl/N-ethyl adjacent to an activating group) is 1. The number of hydrogen-bond acceptors (Lipinski definition) is 4. The highest BCUT2D eigenvalue weighted by molar-refractivity contribution is 7.92. The fourth-order valence-corrected chi connectivity index (χ4v) is 3.48. The summed E-state index contributed by atoms with van der Waals surface area (Å²) >= 11 is 0. The molecule has 0 fully saturated rings. The third-order valence-electron chi connectivity index (χ3n) is 3.46. The smallest absolute Gasteiger partial charge is 0.265 e. The van der Waals surface area contributed by atoms with Gasteiger partial charge in [-0.3, -0.25) is 9.52 Å². The molecular formula is C17H20N2O4S. The highest BCUT2D eigenvalue weighted by Crippen LogP contribution is 2.26. The molecule has 0 saturated carbocycles. The molecule has 0 spiro atoms. The predicted octanol–water partition coefficient (Wildman–Crippen LogP) is 2.09. The van der Waals surface area contributed by atoms with Crippen LogP contribution in [-0.2, 0) is 21.2 Å². The van der Waals surface area contributed by atoms with E-state index in [1.54, 1.807) is 49.5 Å². The first-order valence-electron chi connectivity index (χ1n) is 7.32. The van der Waals surface area contributed by atoms with E-state index in [2.05, 4.69) is 10.0 Å². The first-order valence-corrected chi connectivity index (χ1v) is 8.81. The molecular weight excluding hydrogens is 328 g/mol. The highest BCUT2D eigenvalue weighted by atomic mass is 32.2. The molecule has 2 aromatic carbocycles. The molecule has 24 heavy (non-hydrogen) atoms. The molecule has 0 aliphatic heterocycles. The summed E-state index contributed by atoms with van der Waals surface area (Å²) in [5.74, 6) is 0.178. The van der Waals surface area contributed by atoms with Gasteiger partial charge in [0.1, 0.15) is 10.6 Å². The van der Waals surface area contributed by atoms with Gasteiger partial charge in [-0.15, -0.1) is 0 Å². The average Bonchev–Trinajstić information content (AvgIpc) is 2.56. The molecule has 0 aliphatic carbocycles. The molecule has 0 atom stereocenters. The maximum absolute atomic E-state index is 12.6. The van der Waals surface area contributed by atoms with Crippen molar-refractivity contribution in [2.24, 2.45) is 0 Å². The lowest BCUT2D eigenvalue weighted by Crippen LogP contribution is -2.20. The SMILES string of the molecule is CNC(=O)Cc1ccc(NS(=O)(=O)c2cc(C)ccc2OC)cc1. The summed E-state index contributed by atoms with van der Waals surface area (Å²) < 4.78 is 32.8. The molecule has 0 saturated heterocycles. The van der Waals surface area contributed by atoms with Crippen LogP contribution in [0.2, 0.25) is 0 Å². The van der Waals surface area contributed by atoms with Crippen LogP contribution in [0.1, 0.15) is 11.1 Å². The number of rotatable bonds is 6. The van der Waals surface area contributed by atoms with Gasteiger partial charge < -0.3 is 10.1 Å². The third-order valence-corrected chi connectivity index (χ3v) is 4.86. The summed E-state index contributed by atoms with van der Waals surface area (Å²) in [4.78, 5) is 11.4. The predicted molar refractivity (Wildman–Crippen MR) is 92.8 cm³/mol. The topological polar surface area (TPSA) is 84.5 Å². The Hall–Kier alpha value is -2.54. The van der Waals surface area contributed by atoms with Gasteiger partial charge in [-0.25, -0.2) is 8.42 Å². The van der Waals surface area contributed by atoms with Gasteiger partial charge in [0.15, 0.2) is 0 Å². The Balaban J connectivity index is 2.23. The van der Waals surface area contributed by atoms with Gasteiger partial charge in [0.25, 0.3) is 10.0 Å². The number of aryl methyl sites for hydroxylation is 1. The molecule has 2 N–H and O–H groups in total. The Morgan fingerprint density at radius 2 is 1.79 bits per heavy atom. The second-order valence-electron chi connectivity index (χ2n) is 5.31. The van der Waals surface area contributed by atoms with Gasteiger partial charge >= 0.3 is 0 Å². The Kier molecular flexibility index (Phi) is 5.46. The molecule has 0 radical (unpaired) electrons. The Morgan fingerprint density at radius 1 is 1.12 bits per heavy atom. The highest BCUT2D eigenvalue weighted by Gasteiger charge is 2.19. The summed E-state index contributed by atoms with van der Waals surface area (Å²) in [7, 11) is -0.776. The van der Waals surface area contributed by atoms with Crippen LogP contribution in [0.3, 0.4) is 0 Å². The lowest BCUT2D eigenvalue weighted by atomic mass is 10.1. The van der Waals surface area contributed by atoms with Crippen LogP contribution in [0.4, 0.5) is 5.69 Å². The Bertz CT molecular complexity index is 830. The second kappa shape index (κ2) is 7.35. The van der Waals surface area contributed by atoms with E-state index in [-0.39, 0.29) is 23.0 Å². The molecule has 6 nitrogen and oxygen atoms in total. The van der Waals surface area contributed by atoms with E-state index in [0.29, 0.717) is 5.69 Å². The van der Waals surface area contributed by atoms with Crippen LogP contribution in [0.5, 0.6) is 5.75 Å². The van der Waals surface area contributed by atoms with E-state index >= 15 is 0 Å². The maximum Gasteiger partial charge on any atom is 0.265 e. The van der Waals surface area contributed by atoms with E-state index in [1.165, 1.54) is 7.11 Å². The normalized spacial score (nSPS) is 11.0. The number of hydrogen-bond donors (Lipinski definition) is 2. The zero-order chi connectivity index (χ0) is 17.7. The van der Waals surface area contributed by atoms with E-state index in [0.717, 1.165) is 11.1 Å². The van der Waals surface area contributed by atoms with E-state index in [9.17, 15) is 13.2 Å². The number of nitrogens with one attached hydrogen (secondary N) is 2. The van der Waals surface area contributed by atoms with Crippen molar-refractivity contribution in [3.05, 3.63) is 53.6 Å². The largest absolute Gasteiger partial charge is 0.495 e. The monoisotopic (exact) mass is 348 g/mol. The van der Waals surface area contributed by atoms with Crippen LogP contribution < -0.4 is 14.8 Å².